The van der Waals surface area contributed by atoms with E-state index in [4.69, 9.17) is 23.9 Å². The van der Waals surface area contributed by atoms with Crippen LogP contribution in [0, 0.1) is 5.92 Å². The van der Waals surface area contributed by atoms with E-state index in [1.807, 2.05) is 79.7 Å². The lowest BCUT2D eigenvalue weighted by Gasteiger charge is -2.30. The molecule has 2 aliphatic heterocycles. The molecule has 3 aliphatic carbocycles. The van der Waals surface area contributed by atoms with E-state index < -0.39 is 68.7 Å². The minimum atomic E-state index is -3.92. The van der Waals surface area contributed by atoms with Crippen LogP contribution in [0.2, 0.25) is 0 Å². The van der Waals surface area contributed by atoms with Crippen LogP contribution >= 0.6 is 0 Å². The van der Waals surface area contributed by atoms with E-state index in [2.05, 4.69) is 15.4 Å². The minimum absolute atomic E-state index is 0.00597. The summed E-state index contributed by atoms with van der Waals surface area (Å²) < 4.78 is 46.9. The second-order valence-electron chi connectivity index (χ2n) is 17.6. The fraction of sp³-hybridized carbons (Fsp3) is 0.511. The van der Waals surface area contributed by atoms with Gasteiger partial charge in [-0.25, -0.2) is 18.2 Å². The highest BCUT2D eigenvalue weighted by atomic mass is 32.2. The van der Waals surface area contributed by atoms with Crippen molar-refractivity contribution in [2.75, 3.05) is 25.5 Å². The molecule has 328 valence electrons. The first-order valence-electron chi connectivity index (χ1n) is 21.8. The van der Waals surface area contributed by atoms with Crippen LogP contribution in [0.25, 0.3) is 33.5 Å². The van der Waals surface area contributed by atoms with Crippen LogP contribution in [0.3, 0.4) is 0 Å². The molecule has 2 aromatic carbocycles. The Morgan fingerprint density at radius 2 is 1.69 bits per heavy atom. The summed E-state index contributed by atoms with van der Waals surface area (Å²) in [6.45, 7) is -0.0655. The van der Waals surface area contributed by atoms with E-state index in [0.717, 1.165) is 55.2 Å². The number of furan rings is 1. The number of ether oxygens (including phenoxy) is 2. The number of carbonyl (C=O) groups is 4. The summed E-state index contributed by atoms with van der Waals surface area (Å²) >= 11 is 0. The molecule has 5 aliphatic rings. The van der Waals surface area contributed by atoms with Gasteiger partial charge < -0.3 is 34.3 Å². The van der Waals surface area contributed by atoms with Crippen LogP contribution in [0.4, 0.5) is 10.5 Å². The van der Waals surface area contributed by atoms with Gasteiger partial charge in [0.2, 0.25) is 27.4 Å². The number of hydrogen-bond donors (Lipinski definition) is 3. The summed E-state index contributed by atoms with van der Waals surface area (Å²) in [5.41, 5.74) is 1.61. The molecule has 5 atom stereocenters. The van der Waals surface area contributed by atoms with E-state index in [1.54, 1.807) is 0 Å². The largest absolute Gasteiger partial charge is 0.470 e. The summed E-state index contributed by atoms with van der Waals surface area (Å²) in [5, 5.41) is 5.86. The van der Waals surface area contributed by atoms with Crippen molar-refractivity contribution in [1.29, 1.82) is 0 Å². The normalized spacial score (nSPS) is 26.5. The Hall–Kier alpha value is -5.71. The first-order chi connectivity index (χ1) is 29.9. The maximum Gasteiger partial charge on any atom is 0.408 e. The van der Waals surface area contributed by atoms with Crippen LogP contribution in [0.15, 0.2) is 65.1 Å². The first-order valence-corrected chi connectivity index (χ1v) is 23.4. The molecule has 0 spiro atoms. The molecule has 0 bridgehead atoms. The molecule has 62 heavy (non-hydrogen) atoms. The Balaban J connectivity index is 1.05. The molecule has 5 unspecified atom stereocenters. The topological polar surface area (TPSA) is 202 Å². The second-order valence-corrected chi connectivity index (χ2v) is 19.5. The van der Waals surface area contributed by atoms with Crippen LogP contribution in [-0.4, -0.2) is 103 Å². The van der Waals surface area contributed by atoms with E-state index in [9.17, 15) is 27.6 Å². The van der Waals surface area contributed by atoms with Crippen molar-refractivity contribution >= 4 is 61.6 Å². The Morgan fingerprint density at radius 1 is 0.935 bits per heavy atom. The highest BCUT2D eigenvalue weighted by Crippen LogP contribution is 2.46. The smallest absolute Gasteiger partial charge is 0.408 e. The maximum absolute atomic E-state index is 14.8. The number of hydrogen-bond acceptors (Lipinski definition) is 12. The van der Waals surface area contributed by atoms with Gasteiger partial charge >= 0.3 is 6.09 Å². The number of para-hydroxylation sites is 1. The van der Waals surface area contributed by atoms with Gasteiger partial charge in [-0.1, -0.05) is 37.1 Å². The Labute approximate surface area is 360 Å². The van der Waals surface area contributed by atoms with Crippen molar-refractivity contribution in [2.24, 2.45) is 5.92 Å². The van der Waals surface area contributed by atoms with Gasteiger partial charge in [0, 0.05) is 43.1 Å². The molecule has 4 amide bonds. The third-order valence-electron chi connectivity index (χ3n) is 12.8. The Morgan fingerprint density at radius 3 is 2.45 bits per heavy atom. The number of carbonyl (C=O) groups excluding carboxylic acids is 4. The Bertz CT molecular complexity index is 2520. The quantitative estimate of drug-likeness (QED) is 0.179. The molecule has 4 fully saturated rings. The molecule has 1 saturated heterocycles. The number of fused-ring (bicyclic) bond motifs is 5. The zero-order valence-corrected chi connectivity index (χ0v) is 35.8. The standard InChI is InChI=1S/C45H53N7O9S/c1-51(2)29-20-18-27(19-21-29)39-47-37-33-15-10-11-17-36(33)61-38(37)41(48-39)59-31-24-35-40(53)49-45(43(55)50-62(57,58)32-22-23-32)25-28(45)12-6-4-3-5-7-16-34(42(54)52(35)26-31)46-44(56)60-30-13-8-9-14-30/h6,10-12,15,17-21,28,30-32,34-35H,3-5,7-9,13-14,16,22-26H2,1-2H3,(H,46,56)(H,49,53)(H,50,55)/b12-6-. The predicted molar refractivity (Wildman–Crippen MR) is 231 cm³/mol. The number of amides is 4. The number of aromatic nitrogens is 2. The van der Waals surface area contributed by atoms with Gasteiger partial charge in [-0.05, 0) is 101 Å². The minimum Gasteiger partial charge on any atom is -0.470 e. The van der Waals surface area contributed by atoms with Crippen molar-refractivity contribution in [2.45, 2.75) is 119 Å². The molecule has 4 aromatic rings. The van der Waals surface area contributed by atoms with E-state index in [-0.39, 0.29) is 31.4 Å². The highest BCUT2D eigenvalue weighted by molar-refractivity contribution is 7.91. The maximum atomic E-state index is 14.8. The lowest BCUT2D eigenvalue weighted by molar-refractivity contribution is -0.141. The van der Waals surface area contributed by atoms with Gasteiger partial charge in [0.1, 0.15) is 40.9 Å². The number of sulfonamides is 1. The average Bonchev–Trinajstić information content (AvgIpc) is 4.06. The predicted octanol–water partition coefficient (Wildman–Crippen LogP) is 5.50. The molecule has 16 nitrogen and oxygen atoms in total. The molecule has 3 N–H and O–H groups in total. The van der Waals surface area contributed by atoms with Crippen molar-refractivity contribution < 1.29 is 41.5 Å². The van der Waals surface area contributed by atoms with Crippen molar-refractivity contribution in [3.8, 4) is 17.3 Å². The van der Waals surface area contributed by atoms with Crippen LogP contribution in [-0.2, 0) is 29.1 Å². The lowest BCUT2D eigenvalue weighted by atomic mass is 10.0. The summed E-state index contributed by atoms with van der Waals surface area (Å²) in [4.78, 5) is 69.8. The lowest BCUT2D eigenvalue weighted by Crippen LogP contribution is -2.58. The number of nitrogens with one attached hydrogen (secondary N) is 3. The molecule has 17 heteroatoms. The molecule has 9 rings (SSSR count). The third kappa shape index (κ3) is 8.55. The molecular formula is C45H53N7O9S. The zero-order valence-electron chi connectivity index (χ0n) is 35.0. The zero-order chi connectivity index (χ0) is 43.2. The highest BCUT2D eigenvalue weighted by Gasteiger charge is 2.62. The molecular weight excluding hydrogens is 815 g/mol. The summed E-state index contributed by atoms with van der Waals surface area (Å²) in [6.07, 6.45) is 9.86. The average molecular weight is 868 g/mol. The second kappa shape index (κ2) is 16.9. The van der Waals surface area contributed by atoms with Crippen molar-refractivity contribution in [1.82, 2.24) is 30.2 Å². The van der Waals surface area contributed by atoms with Crippen molar-refractivity contribution in [3.05, 3.63) is 60.7 Å². The van der Waals surface area contributed by atoms with Gasteiger partial charge in [0.05, 0.1) is 11.8 Å². The van der Waals surface area contributed by atoms with Gasteiger partial charge in [-0.15, -0.1) is 0 Å². The van der Waals surface area contributed by atoms with E-state index in [1.165, 1.54) is 4.90 Å². The van der Waals surface area contributed by atoms with Crippen LogP contribution in [0.5, 0.6) is 5.88 Å². The third-order valence-corrected chi connectivity index (χ3v) is 14.6. The number of alkyl carbamates (subject to hydrolysis) is 1. The summed E-state index contributed by atoms with van der Waals surface area (Å²) in [6, 6.07) is 13.1. The first kappa shape index (κ1) is 41.6. The molecule has 4 heterocycles. The monoisotopic (exact) mass is 867 g/mol. The molecule has 2 aromatic heterocycles. The molecule has 3 saturated carbocycles. The number of rotatable bonds is 9. The van der Waals surface area contributed by atoms with Crippen LogP contribution < -0.4 is 25.0 Å². The van der Waals surface area contributed by atoms with Crippen LogP contribution in [0.1, 0.15) is 83.5 Å². The van der Waals surface area contributed by atoms with Gasteiger partial charge in [0.25, 0.3) is 11.8 Å². The fourth-order valence-electron chi connectivity index (χ4n) is 9.02. The number of benzene rings is 2. The van der Waals surface area contributed by atoms with E-state index in [0.29, 0.717) is 54.6 Å². The number of anilines is 1. The van der Waals surface area contributed by atoms with Gasteiger partial charge in [-0.2, -0.15) is 4.98 Å². The SMILES string of the molecule is CN(C)c1ccc(-c2nc(OC3CC4C(=O)NC5(C(=O)NS(=O)(=O)C6CC6)CC5/C=C\CCCCCC(NC(=O)OC5CCCC5)C(=O)N4C3)c3oc4ccccc4c3n2)cc1. The number of nitrogens with zero attached hydrogens (tertiary/aromatic N) is 4. The Kier molecular flexibility index (Phi) is 11.3. The number of allylic oxidation sites excluding steroid dienone is 1. The van der Waals surface area contributed by atoms with Gasteiger partial charge in [-0.3, -0.25) is 19.1 Å². The fourth-order valence-corrected chi connectivity index (χ4v) is 10.4. The van der Waals surface area contributed by atoms with Crippen molar-refractivity contribution in [3.63, 3.8) is 0 Å². The van der Waals surface area contributed by atoms with Gasteiger partial charge in [0.15, 0.2) is 5.82 Å². The molecule has 0 radical (unpaired) electrons. The summed E-state index contributed by atoms with van der Waals surface area (Å²) in [5.74, 6) is -1.86. The summed E-state index contributed by atoms with van der Waals surface area (Å²) in [7, 11) is -0.0102. The van der Waals surface area contributed by atoms with E-state index >= 15 is 0 Å².